The summed E-state index contributed by atoms with van der Waals surface area (Å²) in [5.41, 5.74) is 0.173. The number of nitro benzene ring substituents is 1. The van der Waals surface area contributed by atoms with Crippen LogP contribution in [0.1, 0.15) is 10.4 Å². The molecule has 0 bridgehead atoms. The summed E-state index contributed by atoms with van der Waals surface area (Å²) in [5, 5.41) is 10.7. The first-order chi connectivity index (χ1) is 6.99. The van der Waals surface area contributed by atoms with Crippen LogP contribution >= 0.6 is 50.1 Å². The lowest BCUT2D eigenvalue weighted by Gasteiger charge is -2.03. The van der Waals surface area contributed by atoms with E-state index in [1.807, 2.05) is 0 Å². The van der Waals surface area contributed by atoms with E-state index in [1.165, 1.54) is 12.1 Å². The van der Waals surface area contributed by atoms with Crippen molar-refractivity contribution in [3.05, 3.63) is 35.9 Å². The molecule has 0 N–H and O–H groups in total. The molecule has 0 spiro atoms. The van der Waals surface area contributed by atoms with E-state index in [4.69, 9.17) is 11.6 Å². The maximum Gasteiger partial charge on any atom is 0.297 e. The summed E-state index contributed by atoms with van der Waals surface area (Å²) in [5.74, 6) is -0.508. The maximum atomic E-state index is 11.3. The molecule has 0 atom stereocenters. The minimum absolute atomic E-state index is 0.105. The Balaban J connectivity index is 3.41. The molecule has 0 saturated carbocycles. The Labute approximate surface area is 112 Å². The summed E-state index contributed by atoms with van der Waals surface area (Å²) in [6, 6.07) is 2.99. The fourth-order valence-corrected chi connectivity index (χ4v) is 2.95. The van der Waals surface area contributed by atoms with E-state index < -0.39 is 4.92 Å². The zero-order valence-corrected chi connectivity index (χ0v) is 11.7. The number of hydrogen-bond acceptors (Lipinski definition) is 3. The predicted molar refractivity (Wildman–Crippen MR) is 68.6 cm³/mol. The molecule has 4 nitrogen and oxygen atoms in total. The second-order valence-electron chi connectivity index (χ2n) is 2.57. The number of nitro groups is 1. The number of halogens is 3. The highest BCUT2D eigenvalue weighted by Crippen LogP contribution is 2.32. The van der Waals surface area contributed by atoms with Gasteiger partial charge in [-0.2, -0.15) is 0 Å². The average Bonchev–Trinajstić information content (AvgIpc) is 2.16. The van der Waals surface area contributed by atoms with Crippen molar-refractivity contribution in [3.8, 4) is 0 Å². The predicted octanol–water partition coefficient (Wildman–Crippen LogP) is 3.38. The fourth-order valence-electron chi connectivity index (χ4n) is 0.996. The Bertz CT molecular complexity index is 438. The Morgan fingerprint density at radius 3 is 2.67 bits per heavy atom. The van der Waals surface area contributed by atoms with Crippen LogP contribution in [0.4, 0.5) is 5.69 Å². The highest BCUT2D eigenvalue weighted by Gasteiger charge is 2.22. The third kappa shape index (κ3) is 2.67. The summed E-state index contributed by atoms with van der Waals surface area (Å²) in [4.78, 5) is 21.5. The molecular formula is C8H4BrClINO3. The van der Waals surface area contributed by atoms with Crippen LogP contribution in [-0.2, 0) is 0 Å². The quantitative estimate of drug-likeness (QED) is 0.255. The molecule has 0 heterocycles. The number of alkyl halides is 1. The molecule has 0 saturated heterocycles. The minimum atomic E-state index is -0.531. The SMILES string of the molecule is O=C(CCl)c1ccc(Br)c([N+](=O)[O-])c1I. The molecule has 1 rings (SSSR count). The molecule has 15 heavy (non-hydrogen) atoms. The zero-order valence-electron chi connectivity index (χ0n) is 7.17. The number of carbonyl (C=O) groups excluding carboxylic acids is 1. The van der Waals surface area contributed by atoms with E-state index in [0.717, 1.165) is 0 Å². The molecule has 0 aliphatic carbocycles. The fraction of sp³-hybridized carbons (Fsp3) is 0.125. The van der Waals surface area contributed by atoms with Gasteiger partial charge in [-0.15, -0.1) is 11.6 Å². The lowest BCUT2D eigenvalue weighted by atomic mass is 10.1. The number of nitrogens with zero attached hydrogens (tertiary/aromatic N) is 1. The highest BCUT2D eigenvalue weighted by molar-refractivity contribution is 14.1. The van der Waals surface area contributed by atoms with Gasteiger partial charge in [0.1, 0.15) is 3.57 Å². The number of carbonyl (C=O) groups is 1. The van der Waals surface area contributed by atoms with Crippen molar-refractivity contribution >= 4 is 61.6 Å². The number of Topliss-reactive ketones (excluding diaryl/α,β-unsaturated/α-hetero) is 1. The third-order valence-electron chi connectivity index (χ3n) is 1.67. The molecule has 0 fully saturated rings. The molecule has 0 radical (unpaired) electrons. The van der Waals surface area contributed by atoms with Crippen LogP contribution in [0.5, 0.6) is 0 Å². The Morgan fingerprint density at radius 1 is 1.60 bits per heavy atom. The molecule has 7 heteroatoms. The van der Waals surface area contributed by atoms with Crippen molar-refractivity contribution in [3.63, 3.8) is 0 Å². The van der Waals surface area contributed by atoms with E-state index in [-0.39, 0.29) is 22.9 Å². The summed E-state index contributed by atoms with van der Waals surface area (Å²) in [6.07, 6.45) is 0. The van der Waals surface area contributed by atoms with Crippen molar-refractivity contribution in [1.82, 2.24) is 0 Å². The number of benzene rings is 1. The standard InChI is InChI=1S/C8H4BrClINO3/c9-5-2-1-4(6(13)3-10)7(11)8(5)12(14)15/h1-2H,3H2. The molecule has 1 aromatic carbocycles. The molecule has 0 aliphatic heterocycles. The van der Waals surface area contributed by atoms with Crippen LogP contribution in [0.15, 0.2) is 16.6 Å². The van der Waals surface area contributed by atoms with Crippen molar-refractivity contribution in [2.45, 2.75) is 0 Å². The summed E-state index contributed by atoms with van der Waals surface area (Å²) >= 11 is 10.2. The summed E-state index contributed by atoms with van der Waals surface area (Å²) < 4.78 is 0.653. The van der Waals surface area contributed by atoms with Gasteiger partial charge in [-0.05, 0) is 50.7 Å². The van der Waals surface area contributed by atoms with Gasteiger partial charge in [-0.25, -0.2) is 0 Å². The second kappa shape index (κ2) is 5.22. The maximum absolute atomic E-state index is 11.3. The average molecular weight is 404 g/mol. The lowest BCUT2D eigenvalue weighted by molar-refractivity contribution is -0.386. The van der Waals surface area contributed by atoms with E-state index >= 15 is 0 Å². The van der Waals surface area contributed by atoms with Gasteiger partial charge in [0.05, 0.1) is 15.3 Å². The molecule has 0 amide bonds. The third-order valence-corrected chi connectivity index (χ3v) is 3.65. The van der Waals surface area contributed by atoms with Crippen LogP contribution in [0, 0.1) is 13.7 Å². The van der Waals surface area contributed by atoms with Gasteiger partial charge in [0.2, 0.25) is 0 Å². The monoisotopic (exact) mass is 403 g/mol. The summed E-state index contributed by atoms with van der Waals surface area (Å²) in [6.45, 7) is 0. The first-order valence-electron chi connectivity index (χ1n) is 3.70. The van der Waals surface area contributed by atoms with Crippen LogP contribution in [-0.4, -0.2) is 16.6 Å². The highest BCUT2D eigenvalue weighted by atomic mass is 127. The van der Waals surface area contributed by atoms with E-state index in [1.54, 1.807) is 22.6 Å². The van der Waals surface area contributed by atoms with E-state index in [2.05, 4.69) is 15.9 Å². The van der Waals surface area contributed by atoms with E-state index in [9.17, 15) is 14.9 Å². The van der Waals surface area contributed by atoms with Gasteiger partial charge < -0.3 is 0 Å². The van der Waals surface area contributed by atoms with Gasteiger partial charge >= 0.3 is 0 Å². The van der Waals surface area contributed by atoms with Crippen LogP contribution in [0.3, 0.4) is 0 Å². The minimum Gasteiger partial charge on any atom is -0.293 e. The lowest BCUT2D eigenvalue weighted by Crippen LogP contribution is -2.05. The Hall–Kier alpha value is -0.210. The van der Waals surface area contributed by atoms with Gasteiger partial charge in [-0.3, -0.25) is 14.9 Å². The smallest absolute Gasteiger partial charge is 0.293 e. The number of ketones is 1. The van der Waals surface area contributed by atoms with Crippen LogP contribution in [0.25, 0.3) is 0 Å². The molecule has 1 aromatic rings. The number of rotatable bonds is 3. The van der Waals surface area contributed by atoms with Gasteiger partial charge in [0, 0.05) is 5.56 Å². The Kier molecular flexibility index (Phi) is 4.47. The largest absolute Gasteiger partial charge is 0.297 e. The first kappa shape index (κ1) is 12.9. The van der Waals surface area contributed by atoms with Crippen molar-refractivity contribution < 1.29 is 9.72 Å². The Morgan fingerprint density at radius 2 is 2.20 bits per heavy atom. The molecule has 0 aromatic heterocycles. The molecule has 0 unspecified atom stereocenters. The van der Waals surface area contributed by atoms with Gasteiger partial charge in [0.15, 0.2) is 5.78 Å². The zero-order chi connectivity index (χ0) is 11.6. The first-order valence-corrected chi connectivity index (χ1v) is 6.11. The van der Waals surface area contributed by atoms with Crippen LogP contribution in [0.2, 0.25) is 0 Å². The normalized spacial score (nSPS) is 10.1. The van der Waals surface area contributed by atoms with Crippen molar-refractivity contribution in [2.24, 2.45) is 0 Å². The molecule has 80 valence electrons. The van der Waals surface area contributed by atoms with Crippen molar-refractivity contribution in [1.29, 1.82) is 0 Å². The van der Waals surface area contributed by atoms with E-state index in [0.29, 0.717) is 8.04 Å². The topological polar surface area (TPSA) is 60.2 Å². The van der Waals surface area contributed by atoms with Crippen LogP contribution < -0.4 is 0 Å². The van der Waals surface area contributed by atoms with Gasteiger partial charge in [-0.1, -0.05) is 0 Å². The molecule has 0 aliphatic rings. The van der Waals surface area contributed by atoms with Gasteiger partial charge in [0.25, 0.3) is 5.69 Å². The number of hydrogen-bond donors (Lipinski definition) is 0. The second-order valence-corrected chi connectivity index (χ2v) is 4.77. The van der Waals surface area contributed by atoms with Crippen molar-refractivity contribution in [2.75, 3.05) is 5.88 Å². The molecular weight excluding hydrogens is 400 g/mol. The summed E-state index contributed by atoms with van der Waals surface area (Å²) in [7, 11) is 0.